The molecule has 20 heavy (non-hydrogen) atoms. The van der Waals surface area contributed by atoms with Crippen molar-refractivity contribution in [2.24, 2.45) is 0 Å². The number of hydrogen-bond acceptors (Lipinski definition) is 3. The van der Waals surface area contributed by atoms with Crippen LogP contribution in [-0.4, -0.2) is 53.2 Å². The van der Waals surface area contributed by atoms with Crippen LogP contribution < -0.4 is 0 Å². The van der Waals surface area contributed by atoms with E-state index in [1.54, 1.807) is 0 Å². The molecule has 0 radical (unpaired) electrons. The van der Waals surface area contributed by atoms with Crippen molar-refractivity contribution in [1.82, 2.24) is 9.80 Å². The summed E-state index contributed by atoms with van der Waals surface area (Å²) in [5, 5.41) is 9.60. The van der Waals surface area contributed by atoms with Crippen molar-refractivity contribution >= 4 is 0 Å². The lowest BCUT2D eigenvalue weighted by molar-refractivity contribution is 0.0423. The van der Waals surface area contributed by atoms with E-state index >= 15 is 0 Å². The molecule has 1 N–H and O–H groups in total. The Labute approximate surface area is 122 Å². The van der Waals surface area contributed by atoms with Crippen molar-refractivity contribution in [2.75, 3.05) is 26.2 Å². The Morgan fingerprint density at radius 1 is 0.900 bits per heavy atom. The van der Waals surface area contributed by atoms with Crippen LogP contribution in [0.25, 0.3) is 0 Å². The molecule has 0 aromatic heterocycles. The minimum atomic E-state index is -0.0365. The van der Waals surface area contributed by atoms with Gasteiger partial charge >= 0.3 is 0 Å². The van der Waals surface area contributed by atoms with Gasteiger partial charge in [-0.15, -0.1) is 0 Å². The Bertz CT molecular complexity index is 393. The monoisotopic (exact) mass is 274 g/mol. The van der Waals surface area contributed by atoms with Crippen molar-refractivity contribution in [3.63, 3.8) is 0 Å². The van der Waals surface area contributed by atoms with E-state index in [0.717, 1.165) is 25.4 Å². The van der Waals surface area contributed by atoms with Gasteiger partial charge in [0.1, 0.15) is 0 Å². The molecule has 1 saturated carbocycles. The van der Waals surface area contributed by atoms with E-state index in [2.05, 4.69) is 40.1 Å². The topological polar surface area (TPSA) is 26.7 Å². The molecule has 1 saturated heterocycles. The molecular weight excluding hydrogens is 248 g/mol. The zero-order chi connectivity index (χ0) is 13.8. The SMILES string of the molecule is O[C@H]1CC[C@H](N2CCN(Cc3ccccc3)CC2)CC1. The minimum absolute atomic E-state index is 0.0365. The van der Waals surface area contributed by atoms with Gasteiger partial charge in [-0.2, -0.15) is 0 Å². The van der Waals surface area contributed by atoms with Crippen LogP contribution >= 0.6 is 0 Å². The number of aliphatic hydroxyl groups excluding tert-OH is 1. The van der Waals surface area contributed by atoms with E-state index in [-0.39, 0.29) is 6.10 Å². The van der Waals surface area contributed by atoms with Gasteiger partial charge in [0, 0.05) is 38.8 Å². The van der Waals surface area contributed by atoms with Crippen LogP contribution in [0, 0.1) is 0 Å². The molecule has 1 aromatic carbocycles. The Balaban J connectivity index is 1.45. The lowest BCUT2D eigenvalue weighted by Crippen LogP contribution is -2.51. The van der Waals surface area contributed by atoms with E-state index in [9.17, 15) is 5.11 Å². The second kappa shape index (κ2) is 6.70. The highest BCUT2D eigenvalue weighted by atomic mass is 16.3. The van der Waals surface area contributed by atoms with Crippen LogP contribution in [0.4, 0.5) is 0 Å². The molecule has 0 bridgehead atoms. The van der Waals surface area contributed by atoms with E-state index in [1.165, 1.54) is 44.6 Å². The molecule has 2 aliphatic rings. The summed E-state index contributed by atoms with van der Waals surface area (Å²) in [4.78, 5) is 5.21. The summed E-state index contributed by atoms with van der Waals surface area (Å²) < 4.78 is 0. The van der Waals surface area contributed by atoms with Crippen LogP contribution in [0.15, 0.2) is 30.3 Å². The molecule has 1 aliphatic heterocycles. The zero-order valence-electron chi connectivity index (χ0n) is 12.2. The first kappa shape index (κ1) is 14.1. The predicted octanol–water partition coefficient (Wildman–Crippen LogP) is 2.11. The normalized spacial score (nSPS) is 29.4. The predicted molar refractivity (Wildman–Crippen MR) is 81.6 cm³/mol. The van der Waals surface area contributed by atoms with E-state index in [0.29, 0.717) is 0 Å². The largest absolute Gasteiger partial charge is 0.393 e. The van der Waals surface area contributed by atoms with Gasteiger partial charge in [-0.3, -0.25) is 9.80 Å². The third-order valence-corrected chi connectivity index (χ3v) is 4.84. The van der Waals surface area contributed by atoms with Gasteiger partial charge in [0.2, 0.25) is 0 Å². The molecule has 0 amide bonds. The molecule has 3 nitrogen and oxygen atoms in total. The molecule has 0 unspecified atom stereocenters. The molecular formula is C17H26N2O. The molecule has 0 spiro atoms. The second-order valence-corrected chi connectivity index (χ2v) is 6.26. The highest BCUT2D eigenvalue weighted by Gasteiger charge is 2.27. The van der Waals surface area contributed by atoms with Gasteiger partial charge in [0.15, 0.2) is 0 Å². The van der Waals surface area contributed by atoms with E-state index < -0.39 is 0 Å². The molecule has 1 heterocycles. The standard InChI is InChI=1S/C17H26N2O/c20-17-8-6-16(7-9-17)19-12-10-18(11-13-19)14-15-4-2-1-3-5-15/h1-5,16-17,20H,6-14H2/t16-,17-. The summed E-state index contributed by atoms with van der Waals surface area (Å²) in [6.45, 7) is 5.81. The van der Waals surface area contributed by atoms with Crippen molar-refractivity contribution in [2.45, 2.75) is 44.4 Å². The van der Waals surface area contributed by atoms with Crippen molar-refractivity contribution in [1.29, 1.82) is 0 Å². The lowest BCUT2D eigenvalue weighted by atomic mass is 9.91. The molecule has 2 fully saturated rings. The molecule has 0 atom stereocenters. The average Bonchev–Trinajstić information content (AvgIpc) is 2.50. The molecule has 1 aliphatic carbocycles. The van der Waals surface area contributed by atoms with Crippen LogP contribution in [0.3, 0.4) is 0 Å². The Hall–Kier alpha value is -0.900. The number of piperazine rings is 1. The van der Waals surface area contributed by atoms with E-state index in [1.807, 2.05) is 0 Å². The van der Waals surface area contributed by atoms with Crippen molar-refractivity contribution < 1.29 is 5.11 Å². The first-order valence-corrected chi connectivity index (χ1v) is 7.99. The number of nitrogens with zero attached hydrogens (tertiary/aromatic N) is 2. The fourth-order valence-electron chi connectivity index (χ4n) is 3.55. The summed E-state index contributed by atoms with van der Waals surface area (Å²) >= 11 is 0. The van der Waals surface area contributed by atoms with Crippen LogP contribution in [-0.2, 0) is 6.54 Å². The smallest absolute Gasteiger partial charge is 0.0541 e. The molecule has 3 rings (SSSR count). The second-order valence-electron chi connectivity index (χ2n) is 6.26. The summed E-state index contributed by atoms with van der Waals surface area (Å²) in [5.41, 5.74) is 1.42. The average molecular weight is 274 g/mol. The highest BCUT2D eigenvalue weighted by molar-refractivity contribution is 5.14. The maximum Gasteiger partial charge on any atom is 0.0541 e. The maximum absolute atomic E-state index is 9.60. The van der Waals surface area contributed by atoms with Crippen molar-refractivity contribution in [3.8, 4) is 0 Å². The summed E-state index contributed by atoms with van der Waals surface area (Å²) in [6, 6.07) is 11.5. The zero-order valence-corrected chi connectivity index (χ0v) is 12.2. The Kier molecular flexibility index (Phi) is 4.71. The lowest BCUT2D eigenvalue weighted by Gasteiger charge is -2.41. The van der Waals surface area contributed by atoms with E-state index in [4.69, 9.17) is 0 Å². The quantitative estimate of drug-likeness (QED) is 0.914. The van der Waals surface area contributed by atoms with Gasteiger partial charge in [-0.25, -0.2) is 0 Å². The molecule has 1 aromatic rings. The maximum atomic E-state index is 9.60. The van der Waals surface area contributed by atoms with Gasteiger partial charge in [-0.05, 0) is 31.2 Å². The van der Waals surface area contributed by atoms with Crippen LogP contribution in [0.2, 0.25) is 0 Å². The fourth-order valence-corrected chi connectivity index (χ4v) is 3.55. The molecule has 110 valence electrons. The first-order chi connectivity index (χ1) is 9.81. The number of aliphatic hydroxyl groups is 1. The minimum Gasteiger partial charge on any atom is -0.393 e. The Morgan fingerprint density at radius 2 is 1.55 bits per heavy atom. The van der Waals surface area contributed by atoms with Gasteiger partial charge in [0.25, 0.3) is 0 Å². The summed E-state index contributed by atoms with van der Waals surface area (Å²) in [6.07, 6.45) is 4.31. The van der Waals surface area contributed by atoms with Crippen LogP contribution in [0.5, 0.6) is 0 Å². The number of rotatable bonds is 3. The highest BCUT2D eigenvalue weighted by Crippen LogP contribution is 2.24. The van der Waals surface area contributed by atoms with Crippen LogP contribution in [0.1, 0.15) is 31.2 Å². The molecule has 3 heteroatoms. The Morgan fingerprint density at radius 3 is 2.20 bits per heavy atom. The van der Waals surface area contributed by atoms with Gasteiger partial charge in [-0.1, -0.05) is 30.3 Å². The fraction of sp³-hybridized carbons (Fsp3) is 0.647. The number of hydrogen-bond donors (Lipinski definition) is 1. The summed E-state index contributed by atoms with van der Waals surface area (Å²) in [5.74, 6) is 0. The van der Waals surface area contributed by atoms with Gasteiger partial charge < -0.3 is 5.11 Å². The summed E-state index contributed by atoms with van der Waals surface area (Å²) in [7, 11) is 0. The third kappa shape index (κ3) is 3.60. The van der Waals surface area contributed by atoms with Crippen molar-refractivity contribution in [3.05, 3.63) is 35.9 Å². The third-order valence-electron chi connectivity index (χ3n) is 4.84. The van der Waals surface area contributed by atoms with Gasteiger partial charge in [0.05, 0.1) is 6.10 Å². The first-order valence-electron chi connectivity index (χ1n) is 7.99. The number of benzene rings is 1.